The van der Waals surface area contributed by atoms with Crippen LogP contribution in [-0.2, 0) is 28.6 Å². The summed E-state index contributed by atoms with van der Waals surface area (Å²) in [6.45, 7) is 13.7. The van der Waals surface area contributed by atoms with Crippen LogP contribution in [0.25, 0.3) is 0 Å². The highest BCUT2D eigenvalue weighted by Gasteiger charge is 2.19. The van der Waals surface area contributed by atoms with Gasteiger partial charge in [0.1, 0.15) is 13.2 Å². The molecule has 0 heterocycles. The molecule has 0 rings (SSSR count). The molecule has 0 bridgehead atoms. The van der Waals surface area contributed by atoms with E-state index >= 15 is 0 Å². The third-order valence-corrected chi connectivity index (χ3v) is 12.3. The van der Waals surface area contributed by atoms with Crippen LogP contribution in [0.15, 0.2) is 0 Å². The van der Waals surface area contributed by atoms with Gasteiger partial charge in [-0.1, -0.05) is 247 Å². The molecule has 0 aliphatic carbocycles. The van der Waals surface area contributed by atoms with Gasteiger partial charge in [-0.3, -0.25) is 14.4 Å². The third kappa shape index (κ3) is 45.8. The fraction of sp³-hybridized carbons (Fsp3) is 0.943. The number of rotatable bonds is 46. The van der Waals surface area contributed by atoms with Crippen molar-refractivity contribution in [3.8, 4) is 0 Å². The van der Waals surface area contributed by atoms with Crippen molar-refractivity contribution in [1.82, 2.24) is 0 Å². The van der Waals surface area contributed by atoms with Crippen molar-refractivity contribution in [3.63, 3.8) is 0 Å². The SMILES string of the molecule is CCC(C)CCCCCCCCC(=O)OC[C@@H](COC(=O)CCCCCCCCCCCCCCCC(C)C)OC(=O)CCCCCCCCCCCCCCC(C)C. The maximum atomic E-state index is 12.8. The highest BCUT2D eigenvalue weighted by Crippen LogP contribution is 2.18. The van der Waals surface area contributed by atoms with Crippen LogP contribution in [-0.4, -0.2) is 37.2 Å². The summed E-state index contributed by atoms with van der Waals surface area (Å²) in [5.74, 6) is 1.63. The third-order valence-electron chi connectivity index (χ3n) is 12.3. The predicted molar refractivity (Wildman–Crippen MR) is 252 cm³/mol. The van der Waals surface area contributed by atoms with Gasteiger partial charge in [0.15, 0.2) is 6.10 Å². The first kappa shape index (κ1) is 57.4. The van der Waals surface area contributed by atoms with Crippen LogP contribution in [0.1, 0.15) is 286 Å². The second-order valence-corrected chi connectivity index (χ2v) is 19.4. The smallest absolute Gasteiger partial charge is 0.306 e. The van der Waals surface area contributed by atoms with Gasteiger partial charge in [0.2, 0.25) is 0 Å². The molecule has 0 spiro atoms. The van der Waals surface area contributed by atoms with Crippen molar-refractivity contribution in [3.05, 3.63) is 0 Å². The molecule has 0 radical (unpaired) electrons. The summed E-state index contributed by atoms with van der Waals surface area (Å²) in [6.07, 6.45) is 43.8. The Balaban J connectivity index is 4.30. The average molecular weight is 835 g/mol. The Bertz CT molecular complexity index is 916. The van der Waals surface area contributed by atoms with Gasteiger partial charge in [-0.25, -0.2) is 0 Å². The first-order valence-corrected chi connectivity index (χ1v) is 26.1. The Kier molecular flexibility index (Phi) is 43.3. The Hall–Kier alpha value is -1.59. The lowest BCUT2D eigenvalue weighted by Gasteiger charge is -2.18. The second-order valence-electron chi connectivity index (χ2n) is 19.4. The Morgan fingerprint density at radius 2 is 0.593 bits per heavy atom. The largest absolute Gasteiger partial charge is 0.462 e. The molecule has 0 aromatic heterocycles. The van der Waals surface area contributed by atoms with Crippen molar-refractivity contribution >= 4 is 17.9 Å². The summed E-state index contributed by atoms with van der Waals surface area (Å²) in [5.41, 5.74) is 0. The summed E-state index contributed by atoms with van der Waals surface area (Å²) < 4.78 is 16.8. The van der Waals surface area contributed by atoms with Crippen LogP contribution < -0.4 is 0 Å². The molecule has 2 atom stereocenters. The minimum atomic E-state index is -0.763. The van der Waals surface area contributed by atoms with Crippen molar-refractivity contribution in [1.29, 1.82) is 0 Å². The number of esters is 3. The van der Waals surface area contributed by atoms with E-state index in [1.54, 1.807) is 0 Å². The molecule has 59 heavy (non-hydrogen) atoms. The van der Waals surface area contributed by atoms with E-state index in [0.717, 1.165) is 75.5 Å². The van der Waals surface area contributed by atoms with E-state index < -0.39 is 6.10 Å². The van der Waals surface area contributed by atoms with E-state index in [1.165, 1.54) is 167 Å². The molecule has 0 N–H and O–H groups in total. The van der Waals surface area contributed by atoms with Crippen molar-refractivity contribution in [2.24, 2.45) is 17.8 Å². The van der Waals surface area contributed by atoms with E-state index in [1.807, 2.05) is 0 Å². The zero-order valence-corrected chi connectivity index (χ0v) is 40.5. The number of unbranched alkanes of at least 4 members (excludes halogenated alkanes) is 28. The topological polar surface area (TPSA) is 78.9 Å². The highest BCUT2D eigenvalue weighted by molar-refractivity contribution is 5.71. The summed E-state index contributed by atoms with van der Waals surface area (Å²) >= 11 is 0. The summed E-state index contributed by atoms with van der Waals surface area (Å²) in [6, 6.07) is 0. The van der Waals surface area contributed by atoms with Gasteiger partial charge >= 0.3 is 17.9 Å². The molecular formula is C53H102O6. The zero-order chi connectivity index (χ0) is 43.4. The van der Waals surface area contributed by atoms with Crippen LogP contribution in [0, 0.1) is 17.8 Å². The van der Waals surface area contributed by atoms with Gasteiger partial charge < -0.3 is 14.2 Å². The first-order valence-electron chi connectivity index (χ1n) is 26.1. The second kappa shape index (κ2) is 44.5. The lowest BCUT2D eigenvalue weighted by molar-refractivity contribution is -0.167. The molecular weight excluding hydrogens is 733 g/mol. The van der Waals surface area contributed by atoms with Gasteiger partial charge in [0.25, 0.3) is 0 Å². The Labute approximate surface area is 368 Å². The monoisotopic (exact) mass is 835 g/mol. The van der Waals surface area contributed by atoms with Crippen molar-refractivity contribution in [2.45, 2.75) is 292 Å². The van der Waals surface area contributed by atoms with E-state index in [9.17, 15) is 14.4 Å². The molecule has 0 aromatic rings. The molecule has 350 valence electrons. The van der Waals surface area contributed by atoms with Crippen LogP contribution in [0.2, 0.25) is 0 Å². The number of hydrogen-bond donors (Lipinski definition) is 0. The Morgan fingerprint density at radius 1 is 0.339 bits per heavy atom. The molecule has 0 amide bonds. The van der Waals surface area contributed by atoms with E-state index in [4.69, 9.17) is 14.2 Å². The molecule has 0 fully saturated rings. The first-order chi connectivity index (χ1) is 28.6. The van der Waals surface area contributed by atoms with E-state index in [-0.39, 0.29) is 31.1 Å². The molecule has 0 aliphatic rings. The molecule has 0 saturated carbocycles. The summed E-state index contributed by atoms with van der Waals surface area (Å²) in [5, 5.41) is 0. The minimum absolute atomic E-state index is 0.0651. The quantitative estimate of drug-likeness (QED) is 0.0345. The maximum Gasteiger partial charge on any atom is 0.306 e. The fourth-order valence-electron chi connectivity index (χ4n) is 7.91. The Morgan fingerprint density at radius 3 is 0.881 bits per heavy atom. The van der Waals surface area contributed by atoms with E-state index in [2.05, 4.69) is 41.5 Å². The van der Waals surface area contributed by atoms with Crippen molar-refractivity contribution < 1.29 is 28.6 Å². The van der Waals surface area contributed by atoms with Gasteiger partial charge in [-0.2, -0.15) is 0 Å². The van der Waals surface area contributed by atoms with Crippen LogP contribution in [0.5, 0.6) is 0 Å². The summed E-state index contributed by atoms with van der Waals surface area (Å²) in [7, 11) is 0. The molecule has 0 aliphatic heterocycles. The fourth-order valence-corrected chi connectivity index (χ4v) is 7.91. The standard InChI is InChI=1S/C53H102O6/c1-7-49(6)41-35-29-25-26-31-37-43-52(55)58-46-50(59-53(56)44-38-32-24-20-16-12-11-14-18-22-28-34-40-48(4)5)45-57-51(54)42-36-30-23-19-15-10-8-9-13-17-21-27-33-39-47(2)3/h47-50H,7-46H2,1-6H3/t49?,50-/m1/s1. The normalized spacial score (nSPS) is 12.6. The van der Waals surface area contributed by atoms with Gasteiger partial charge in [0.05, 0.1) is 0 Å². The van der Waals surface area contributed by atoms with Crippen LogP contribution >= 0.6 is 0 Å². The number of carbonyl (C=O) groups excluding carboxylic acids is 3. The lowest BCUT2D eigenvalue weighted by atomic mass is 10.00. The molecule has 0 aromatic carbocycles. The summed E-state index contributed by atoms with van der Waals surface area (Å²) in [4.78, 5) is 37.9. The van der Waals surface area contributed by atoms with Crippen LogP contribution in [0.4, 0.5) is 0 Å². The molecule has 6 nitrogen and oxygen atoms in total. The van der Waals surface area contributed by atoms with E-state index in [0.29, 0.717) is 19.3 Å². The number of hydrogen-bond acceptors (Lipinski definition) is 6. The average Bonchev–Trinajstić information content (AvgIpc) is 3.20. The lowest BCUT2D eigenvalue weighted by Crippen LogP contribution is -2.30. The van der Waals surface area contributed by atoms with Gasteiger partial charge in [-0.05, 0) is 37.0 Å². The molecule has 1 unspecified atom stereocenters. The highest BCUT2D eigenvalue weighted by atomic mass is 16.6. The maximum absolute atomic E-state index is 12.8. The van der Waals surface area contributed by atoms with Crippen molar-refractivity contribution in [2.75, 3.05) is 13.2 Å². The molecule has 6 heteroatoms. The predicted octanol–water partition coefficient (Wildman–Crippen LogP) is 16.8. The molecule has 0 saturated heterocycles. The number of carbonyl (C=O) groups is 3. The van der Waals surface area contributed by atoms with Gasteiger partial charge in [0, 0.05) is 19.3 Å². The number of ether oxygens (including phenoxy) is 3. The van der Waals surface area contributed by atoms with Gasteiger partial charge in [-0.15, -0.1) is 0 Å². The minimum Gasteiger partial charge on any atom is -0.462 e. The zero-order valence-electron chi connectivity index (χ0n) is 40.5. The van der Waals surface area contributed by atoms with Crippen LogP contribution in [0.3, 0.4) is 0 Å².